The molecule has 0 radical (unpaired) electrons. The average molecular weight is 274 g/mol. The Morgan fingerprint density at radius 2 is 2.15 bits per heavy atom. The molecule has 0 saturated heterocycles. The lowest BCUT2D eigenvalue weighted by molar-refractivity contribution is 0.0996. The molecule has 0 fully saturated rings. The van der Waals surface area contributed by atoms with Gasteiger partial charge in [0.1, 0.15) is 12.4 Å². The largest absolute Gasteiger partial charge is 0.486 e. The fourth-order valence-corrected chi connectivity index (χ4v) is 1.89. The standard InChI is InChI=1S/C14H18N4O2/c1-3-10-7-11(18(2)17-10)8-20-13-6-9(15)4-5-12(13)14(16)19/h4-7H,3,8,15H2,1-2H3,(H2,16,19). The highest BCUT2D eigenvalue weighted by Crippen LogP contribution is 2.22. The van der Waals surface area contributed by atoms with Gasteiger partial charge < -0.3 is 16.2 Å². The number of nitrogens with two attached hydrogens (primary N) is 2. The van der Waals surface area contributed by atoms with Crippen molar-refractivity contribution in [3.63, 3.8) is 0 Å². The predicted molar refractivity (Wildman–Crippen MR) is 76.3 cm³/mol. The van der Waals surface area contributed by atoms with Crippen molar-refractivity contribution in [3.8, 4) is 5.75 Å². The van der Waals surface area contributed by atoms with E-state index in [9.17, 15) is 4.79 Å². The van der Waals surface area contributed by atoms with Crippen molar-refractivity contribution in [2.75, 3.05) is 5.73 Å². The van der Waals surface area contributed by atoms with Gasteiger partial charge in [-0.15, -0.1) is 0 Å². The Labute approximate surface area is 117 Å². The van der Waals surface area contributed by atoms with Crippen molar-refractivity contribution in [1.29, 1.82) is 0 Å². The molecule has 106 valence electrons. The van der Waals surface area contributed by atoms with Crippen LogP contribution in [0.5, 0.6) is 5.75 Å². The highest BCUT2D eigenvalue weighted by molar-refractivity contribution is 5.96. The second kappa shape index (κ2) is 5.64. The van der Waals surface area contributed by atoms with Gasteiger partial charge in [0.15, 0.2) is 0 Å². The summed E-state index contributed by atoms with van der Waals surface area (Å²) in [6.45, 7) is 2.34. The third-order valence-corrected chi connectivity index (χ3v) is 3.04. The second-order valence-electron chi connectivity index (χ2n) is 4.51. The molecule has 0 saturated carbocycles. The van der Waals surface area contributed by atoms with Gasteiger partial charge in [0, 0.05) is 18.8 Å². The third-order valence-electron chi connectivity index (χ3n) is 3.04. The van der Waals surface area contributed by atoms with E-state index in [-0.39, 0.29) is 0 Å². The molecule has 6 heteroatoms. The minimum atomic E-state index is -0.542. The number of carbonyl (C=O) groups is 1. The summed E-state index contributed by atoms with van der Waals surface area (Å²) in [7, 11) is 1.85. The summed E-state index contributed by atoms with van der Waals surface area (Å²) >= 11 is 0. The summed E-state index contributed by atoms with van der Waals surface area (Å²) < 4.78 is 7.42. The van der Waals surface area contributed by atoms with E-state index >= 15 is 0 Å². The van der Waals surface area contributed by atoms with Crippen LogP contribution in [0.25, 0.3) is 0 Å². The lowest BCUT2D eigenvalue weighted by atomic mass is 10.1. The lowest BCUT2D eigenvalue weighted by Crippen LogP contribution is -2.13. The molecule has 1 heterocycles. The molecule has 2 aromatic rings. The van der Waals surface area contributed by atoms with Gasteiger partial charge in [-0.2, -0.15) is 5.10 Å². The first kappa shape index (κ1) is 13.9. The van der Waals surface area contributed by atoms with Gasteiger partial charge in [0.2, 0.25) is 0 Å². The molecule has 4 N–H and O–H groups in total. The number of nitrogen functional groups attached to an aromatic ring is 1. The quantitative estimate of drug-likeness (QED) is 0.802. The number of hydrogen-bond acceptors (Lipinski definition) is 4. The third kappa shape index (κ3) is 2.90. The van der Waals surface area contributed by atoms with Crippen LogP contribution in [-0.4, -0.2) is 15.7 Å². The van der Waals surface area contributed by atoms with Gasteiger partial charge in [0.25, 0.3) is 5.91 Å². The Morgan fingerprint density at radius 3 is 2.75 bits per heavy atom. The number of anilines is 1. The molecule has 0 unspecified atom stereocenters. The molecule has 1 aromatic heterocycles. The van der Waals surface area contributed by atoms with E-state index in [1.54, 1.807) is 22.9 Å². The Bertz CT molecular complexity index is 634. The van der Waals surface area contributed by atoms with E-state index in [1.165, 1.54) is 0 Å². The van der Waals surface area contributed by atoms with Crippen molar-refractivity contribution in [3.05, 3.63) is 41.2 Å². The van der Waals surface area contributed by atoms with Gasteiger partial charge in [0.05, 0.1) is 17.0 Å². The molecule has 0 aliphatic rings. The van der Waals surface area contributed by atoms with Crippen LogP contribution in [0.2, 0.25) is 0 Å². The monoisotopic (exact) mass is 274 g/mol. The molecule has 2 rings (SSSR count). The molecule has 0 atom stereocenters. The topological polar surface area (TPSA) is 96.2 Å². The molecular formula is C14H18N4O2. The number of aryl methyl sites for hydroxylation is 2. The van der Waals surface area contributed by atoms with Crippen molar-refractivity contribution < 1.29 is 9.53 Å². The molecule has 0 spiro atoms. The summed E-state index contributed by atoms with van der Waals surface area (Å²) in [5.74, 6) is -0.156. The zero-order valence-corrected chi connectivity index (χ0v) is 11.6. The number of ether oxygens (including phenoxy) is 1. The normalized spacial score (nSPS) is 10.5. The van der Waals surface area contributed by atoms with Crippen LogP contribution in [0, 0.1) is 0 Å². The van der Waals surface area contributed by atoms with Crippen LogP contribution in [-0.2, 0) is 20.1 Å². The highest BCUT2D eigenvalue weighted by atomic mass is 16.5. The van der Waals surface area contributed by atoms with Crippen LogP contribution in [0.3, 0.4) is 0 Å². The van der Waals surface area contributed by atoms with Gasteiger partial charge in [-0.1, -0.05) is 6.92 Å². The first-order valence-corrected chi connectivity index (χ1v) is 6.35. The molecule has 0 aliphatic carbocycles. The van der Waals surface area contributed by atoms with Gasteiger partial charge in [-0.25, -0.2) is 0 Å². The number of rotatable bonds is 5. The minimum Gasteiger partial charge on any atom is -0.486 e. The summed E-state index contributed by atoms with van der Waals surface area (Å²) in [5.41, 5.74) is 13.8. The van der Waals surface area contributed by atoms with Crippen molar-refractivity contribution >= 4 is 11.6 Å². The average Bonchev–Trinajstić information content (AvgIpc) is 2.76. The first-order chi connectivity index (χ1) is 9.51. The summed E-state index contributed by atoms with van der Waals surface area (Å²) in [6, 6.07) is 6.74. The van der Waals surface area contributed by atoms with Crippen molar-refractivity contribution in [2.24, 2.45) is 12.8 Å². The molecule has 0 bridgehead atoms. The molecule has 1 aromatic carbocycles. The van der Waals surface area contributed by atoms with Crippen LogP contribution in [0.15, 0.2) is 24.3 Å². The zero-order valence-electron chi connectivity index (χ0n) is 11.6. The summed E-state index contributed by atoms with van der Waals surface area (Å²) in [4.78, 5) is 11.3. The lowest BCUT2D eigenvalue weighted by Gasteiger charge is -2.10. The Morgan fingerprint density at radius 1 is 1.40 bits per heavy atom. The SMILES string of the molecule is CCc1cc(COc2cc(N)ccc2C(N)=O)n(C)n1. The first-order valence-electron chi connectivity index (χ1n) is 6.35. The van der Waals surface area contributed by atoms with E-state index in [0.29, 0.717) is 23.6 Å². The van der Waals surface area contributed by atoms with E-state index in [2.05, 4.69) is 5.10 Å². The van der Waals surface area contributed by atoms with Crippen LogP contribution in [0.1, 0.15) is 28.7 Å². The van der Waals surface area contributed by atoms with E-state index in [0.717, 1.165) is 17.8 Å². The number of aromatic nitrogens is 2. The summed E-state index contributed by atoms with van der Waals surface area (Å²) in [6.07, 6.45) is 0.860. The van der Waals surface area contributed by atoms with Crippen LogP contribution < -0.4 is 16.2 Å². The van der Waals surface area contributed by atoms with Gasteiger partial charge >= 0.3 is 0 Å². The number of carbonyl (C=O) groups excluding carboxylic acids is 1. The van der Waals surface area contributed by atoms with Crippen LogP contribution in [0.4, 0.5) is 5.69 Å². The number of benzene rings is 1. The Kier molecular flexibility index (Phi) is 3.93. The fraction of sp³-hybridized carbons (Fsp3) is 0.286. The van der Waals surface area contributed by atoms with Crippen molar-refractivity contribution in [1.82, 2.24) is 9.78 Å². The highest BCUT2D eigenvalue weighted by Gasteiger charge is 2.11. The van der Waals surface area contributed by atoms with E-state index in [4.69, 9.17) is 16.2 Å². The predicted octanol–water partition coefficient (Wildman–Crippen LogP) is 1.24. The molecular weight excluding hydrogens is 256 g/mol. The number of amides is 1. The number of nitrogens with zero attached hydrogens (tertiary/aromatic N) is 2. The molecule has 6 nitrogen and oxygen atoms in total. The summed E-state index contributed by atoms with van der Waals surface area (Å²) in [5, 5.41) is 4.34. The Hall–Kier alpha value is -2.50. The maximum absolute atomic E-state index is 11.3. The van der Waals surface area contributed by atoms with Crippen LogP contribution >= 0.6 is 0 Å². The minimum absolute atomic E-state index is 0.299. The fourth-order valence-electron chi connectivity index (χ4n) is 1.89. The smallest absolute Gasteiger partial charge is 0.252 e. The maximum Gasteiger partial charge on any atom is 0.252 e. The van der Waals surface area contributed by atoms with Gasteiger partial charge in [-0.05, 0) is 24.6 Å². The van der Waals surface area contributed by atoms with E-state index < -0.39 is 5.91 Å². The van der Waals surface area contributed by atoms with E-state index in [1.807, 2.05) is 20.0 Å². The maximum atomic E-state index is 11.3. The van der Waals surface area contributed by atoms with Crippen molar-refractivity contribution in [2.45, 2.75) is 20.0 Å². The Balaban J connectivity index is 2.19. The molecule has 1 amide bonds. The number of primary amides is 1. The molecule has 20 heavy (non-hydrogen) atoms. The van der Waals surface area contributed by atoms with Gasteiger partial charge in [-0.3, -0.25) is 9.48 Å². The zero-order chi connectivity index (χ0) is 14.7. The molecule has 0 aliphatic heterocycles. The number of hydrogen-bond donors (Lipinski definition) is 2. The second-order valence-corrected chi connectivity index (χ2v) is 4.51.